The second kappa shape index (κ2) is 6.76. The molecule has 114 valence electrons. The Balaban J connectivity index is 2.12. The molecule has 0 atom stereocenters. The van der Waals surface area contributed by atoms with E-state index in [1.54, 1.807) is 19.2 Å². The van der Waals surface area contributed by atoms with E-state index in [-0.39, 0.29) is 11.5 Å². The summed E-state index contributed by atoms with van der Waals surface area (Å²) in [6, 6.07) is 12.3. The highest BCUT2D eigenvalue weighted by Crippen LogP contribution is 2.23. The van der Waals surface area contributed by atoms with Gasteiger partial charge < -0.3 is 15.1 Å². The molecule has 22 heavy (non-hydrogen) atoms. The van der Waals surface area contributed by atoms with Crippen molar-refractivity contribution in [1.29, 1.82) is 0 Å². The predicted molar refractivity (Wildman–Crippen MR) is 90.3 cm³/mol. The number of hydrogen-bond donors (Lipinski definition) is 2. The number of nitrogens with zero attached hydrogens (tertiary/aromatic N) is 3. The maximum atomic E-state index is 9.76. The quantitative estimate of drug-likeness (QED) is 0.673. The van der Waals surface area contributed by atoms with Crippen LogP contribution in [0.4, 0.5) is 5.69 Å². The minimum Gasteiger partial charge on any atom is -0.508 e. The smallest absolute Gasteiger partial charge is 0.128 e. The van der Waals surface area contributed by atoms with Gasteiger partial charge in [-0.2, -0.15) is 10.2 Å². The number of benzene rings is 2. The van der Waals surface area contributed by atoms with E-state index < -0.39 is 0 Å². The lowest BCUT2D eigenvalue weighted by molar-refractivity contribution is 0.450. The molecular formula is C17H19N3O2. The highest BCUT2D eigenvalue weighted by molar-refractivity contribution is 6.01. The molecule has 0 fully saturated rings. The molecule has 2 N–H and O–H groups in total. The van der Waals surface area contributed by atoms with Gasteiger partial charge in [-0.3, -0.25) is 0 Å². The Kier molecular flexibility index (Phi) is 4.78. The molecule has 0 amide bonds. The number of aromatic hydroxyl groups is 2. The van der Waals surface area contributed by atoms with Crippen LogP contribution in [0.15, 0.2) is 52.7 Å². The fourth-order valence-corrected chi connectivity index (χ4v) is 1.92. The van der Waals surface area contributed by atoms with Crippen molar-refractivity contribution in [1.82, 2.24) is 0 Å². The van der Waals surface area contributed by atoms with Crippen molar-refractivity contribution in [2.24, 2.45) is 10.2 Å². The Bertz CT molecular complexity index is 704. The van der Waals surface area contributed by atoms with E-state index in [1.165, 1.54) is 12.1 Å². The second-order valence-electron chi connectivity index (χ2n) is 5.12. The molecule has 5 nitrogen and oxygen atoms in total. The standard InChI is InChI=1S/C17H19N3O2/c1-12(16-9-8-15(21)10-17(16)22)19-18-11-13-4-6-14(7-5-13)20(2)3/h4-11,21-22H,1-3H3/b18-11+,19-12+. The monoisotopic (exact) mass is 297 g/mol. The zero-order valence-corrected chi connectivity index (χ0v) is 12.9. The third kappa shape index (κ3) is 3.85. The lowest BCUT2D eigenvalue weighted by Gasteiger charge is -2.11. The first kappa shape index (κ1) is 15.6. The Morgan fingerprint density at radius 2 is 1.73 bits per heavy atom. The van der Waals surface area contributed by atoms with Crippen LogP contribution in [0.25, 0.3) is 0 Å². The summed E-state index contributed by atoms with van der Waals surface area (Å²) in [4.78, 5) is 2.02. The van der Waals surface area contributed by atoms with Crippen LogP contribution >= 0.6 is 0 Å². The van der Waals surface area contributed by atoms with Gasteiger partial charge in [0, 0.05) is 31.4 Å². The molecule has 0 spiro atoms. The van der Waals surface area contributed by atoms with Crippen molar-refractivity contribution in [3.8, 4) is 11.5 Å². The summed E-state index contributed by atoms with van der Waals surface area (Å²) in [5.74, 6) is -0.00896. The second-order valence-corrected chi connectivity index (χ2v) is 5.12. The van der Waals surface area contributed by atoms with Crippen LogP contribution in [-0.4, -0.2) is 36.2 Å². The molecule has 0 saturated heterocycles. The minimum atomic E-state index is -0.0215. The van der Waals surface area contributed by atoms with Crippen molar-refractivity contribution < 1.29 is 10.2 Å². The predicted octanol–water partition coefficient (Wildman–Crippen LogP) is 3.01. The van der Waals surface area contributed by atoms with Crippen molar-refractivity contribution in [2.45, 2.75) is 6.92 Å². The summed E-state index contributed by atoms with van der Waals surface area (Å²) >= 11 is 0. The van der Waals surface area contributed by atoms with Gasteiger partial charge in [-0.15, -0.1) is 0 Å². The molecule has 0 aliphatic rings. The van der Waals surface area contributed by atoms with E-state index in [0.29, 0.717) is 11.3 Å². The Labute approximate surface area is 129 Å². The van der Waals surface area contributed by atoms with Gasteiger partial charge in [-0.05, 0) is 36.8 Å². The Hall–Kier alpha value is -2.82. The summed E-state index contributed by atoms with van der Waals surface area (Å²) in [5, 5.41) is 27.1. The van der Waals surface area contributed by atoms with Crippen molar-refractivity contribution in [2.75, 3.05) is 19.0 Å². The van der Waals surface area contributed by atoms with E-state index in [2.05, 4.69) is 10.2 Å². The van der Waals surface area contributed by atoms with E-state index in [1.807, 2.05) is 43.3 Å². The normalized spacial score (nSPS) is 11.9. The number of anilines is 1. The first-order valence-corrected chi connectivity index (χ1v) is 6.85. The largest absolute Gasteiger partial charge is 0.508 e. The van der Waals surface area contributed by atoms with Gasteiger partial charge in [-0.25, -0.2) is 0 Å². The maximum absolute atomic E-state index is 9.76. The molecule has 2 aromatic rings. The molecule has 2 aromatic carbocycles. The van der Waals surface area contributed by atoms with E-state index in [0.717, 1.165) is 11.3 Å². The van der Waals surface area contributed by atoms with Crippen molar-refractivity contribution in [3.05, 3.63) is 53.6 Å². The van der Waals surface area contributed by atoms with Crippen LogP contribution in [0, 0.1) is 0 Å². The minimum absolute atomic E-state index is 0.0125. The maximum Gasteiger partial charge on any atom is 0.128 e. The number of hydrogen-bond acceptors (Lipinski definition) is 5. The lowest BCUT2D eigenvalue weighted by atomic mass is 10.1. The third-order valence-electron chi connectivity index (χ3n) is 3.20. The summed E-state index contributed by atoms with van der Waals surface area (Å²) in [6.07, 6.45) is 1.65. The first-order chi connectivity index (χ1) is 10.5. The van der Waals surface area contributed by atoms with Crippen LogP contribution in [0.5, 0.6) is 11.5 Å². The average molecular weight is 297 g/mol. The van der Waals surface area contributed by atoms with Gasteiger partial charge in [0.25, 0.3) is 0 Å². The molecule has 0 aliphatic heterocycles. The van der Waals surface area contributed by atoms with Crippen LogP contribution in [0.1, 0.15) is 18.1 Å². The van der Waals surface area contributed by atoms with E-state index in [4.69, 9.17) is 0 Å². The van der Waals surface area contributed by atoms with Gasteiger partial charge in [0.05, 0.1) is 11.9 Å². The Morgan fingerprint density at radius 1 is 1.05 bits per heavy atom. The Morgan fingerprint density at radius 3 is 2.32 bits per heavy atom. The van der Waals surface area contributed by atoms with Gasteiger partial charge in [0.15, 0.2) is 0 Å². The van der Waals surface area contributed by atoms with E-state index >= 15 is 0 Å². The molecule has 0 heterocycles. The van der Waals surface area contributed by atoms with Crippen LogP contribution in [-0.2, 0) is 0 Å². The molecular weight excluding hydrogens is 278 g/mol. The van der Waals surface area contributed by atoms with Crippen LogP contribution in [0.2, 0.25) is 0 Å². The molecule has 0 radical (unpaired) electrons. The fourth-order valence-electron chi connectivity index (χ4n) is 1.92. The first-order valence-electron chi connectivity index (χ1n) is 6.85. The fraction of sp³-hybridized carbons (Fsp3) is 0.176. The molecule has 0 saturated carbocycles. The van der Waals surface area contributed by atoms with Crippen molar-refractivity contribution in [3.63, 3.8) is 0 Å². The third-order valence-corrected chi connectivity index (χ3v) is 3.20. The zero-order chi connectivity index (χ0) is 16.1. The summed E-state index contributed by atoms with van der Waals surface area (Å²) in [5.41, 5.74) is 3.17. The average Bonchev–Trinajstić information content (AvgIpc) is 2.47. The SMILES string of the molecule is C/C(=N\N=C\c1ccc(N(C)C)cc1)c1ccc(O)cc1O. The van der Waals surface area contributed by atoms with Crippen LogP contribution < -0.4 is 4.90 Å². The zero-order valence-electron chi connectivity index (χ0n) is 12.9. The number of rotatable bonds is 4. The topological polar surface area (TPSA) is 68.4 Å². The highest BCUT2D eigenvalue weighted by atomic mass is 16.3. The molecule has 0 aromatic heterocycles. The van der Waals surface area contributed by atoms with Crippen molar-refractivity contribution >= 4 is 17.6 Å². The van der Waals surface area contributed by atoms with Gasteiger partial charge in [0.2, 0.25) is 0 Å². The van der Waals surface area contributed by atoms with E-state index in [9.17, 15) is 10.2 Å². The summed E-state index contributed by atoms with van der Waals surface area (Å²) in [7, 11) is 3.97. The lowest BCUT2D eigenvalue weighted by Crippen LogP contribution is -2.08. The molecule has 0 bridgehead atoms. The summed E-state index contributed by atoms with van der Waals surface area (Å²) in [6.45, 7) is 1.75. The van der Waals surface area contributed by atoms with Gasteiger partial charge >= 0.3 is 0 Å². The molecule has 2 rings (SSSR count). The highest BCUT2D eigenvalue weighted by Gasteiger charge is 2.05. The van der Waals surface area contributed by atoms with Crippen LogP contribution in [0.3, 0.4) is 0 Å². The molecule has 0 aliphatic carbocycles. The number of phenolic OH excluding ortho intramolecular Hbond substituents is 2. The molecule has 0 unspecified atom stereocenters. The summed E-state index contributed by atoms with van der Waals surface area (Å²) < 4.78 is 0. The van der Waals surface area contributed by atoms with Gasteiger partial charge in [-0.1, -0.05) is 12.1 Å². The number of phenols is 2. The molecule has 5 heteroatoms. The van der Waals surface area contributed by atoms with Gasteiger partial charge in [0.1, 0.15) is 11.5 Å².